The van der Waals surface area contributed by atoms with Crippen LogP contribution >= 0.6 is 0 Å². The number of hydrogen-bond acceptors (Lipinski definition) is 2. The lowest BCUT2D eigenvalue weighted by molar-refractivity contribution is 0.0823. The summed E-state index contributed by atoms with van der Waals surface area (Å²) in [7, 11) is 0. The molecule has 0 bridgehead atoms. The van der Waals surface area contributed by atoms with Gasteiger partial charge >= 0.3 is 0 Å². The van der Waals surface area contributed by atoms with E-state index in [9.17, 15) is 0 Å². The van der Waals surface area contributed by atoms with Crippen molar-refractivity contribution in [3.05, 3.63) is 34.4 Å². The van der Waals surface area contributed by atoms with Crippen molar-refractivity contribution < 1.29 is 0 Å². The molecule has 1 aromatic carbocycles. The average molecular weight is 286 g/mol. The lowest BCUT2D eigenvalue weighted by Crippen LogP contribution is -2.62. The first-order chi connectivity index (χ1) is 9.99. The van der Waals surface area contributed by atoms with Gasteiger partial charge in [0.25, 0.3) is 0 Å². The third-order valence-electron chi connectivity index (χ3n) is 5.66. The highest BCUT2D eigenvalue weighted by molar-refractivity contribution is 5.37. The molecule has 2 aliphatic rings. The molecular weight excluding hydrogens is 256 g/mol. The molecule has 0 amide bonds. The zero-order valence-electron chi connectivity index (χ0n) is 14.1. The highest BCUT2D eigenvalue weighted by Crippen LogP contribution is 2.34. The fraction of sp³-hybridized carbons (Fsp3) is 0.684. The van der Waals surface area contributed by atoms with Crippen LogP contribution in [0.1, 0.15) is 54.9 Å². The predicted molar refractivity (Wildman–Crippen MR) is 89.7 cm³/mol. The van der Waals surface area contributed by atoms with Crippen molar-refractivity contribution in [2.75, 3.05) is 13.1 Å². The van der Waals surface area contributed by atoms with Gasteiger partial charge in [-0.3, -0.25) is 4.90 Å². The monoisotopic (exact) mass is 286 g/mol. The molecule has 1 spiro atoms. The Kier molecular flexibility index (Phi) is 4.11. The van der Waals surface area contributed by atoms with Crippen molar-refractivity contribution in [3.63, 3.8) is 0 Å². The molecule has 21 heavy (non-hydrogen) atoms. The van der Waals surface area contributed by atoms with Crippen molar-refractivity contribution in [2.24, 2.45) is 0 Å². The second-order valence-electron chi connectivity index (χ2n) is 7.50. The van der Waals surface area contributed by atoms with Gasteiger partial charge < -0.3 is 5.32 Å². The maximum atomic E-state index is 3.86. The van der Waals surface area contributed by atoms with E-state index < -0.39 is 0 Å². The van der Waals surface area contributed by atoms with Gasteiger partial charge in [-0.2, -0.15) is 0 Å². The Bertz CT molecular complexity index is 491. The van der Waals surface area contributed by atoms with Crippen molar-refractivity contribution in [3.8, 4) is 0 Å². The van der Waals surface area contributed by atoms with Crippen LogP contribution in [0.15, 0.2) is 12.1 Å². The lowest BCUT2D eigenvalue weighted by Gasteiger charge is -2.45. The molecule has 0 radical (unpaired) electrons. The molecule has 1 saturated carbocycles. The van der Waals surface area contributed by atoms with Crippen LogP contribution in [0.5, 0.6) is 0 Å². The Morgan fingerprint density at radius 3 is 2.38 bits per heavy atom. The number of piperazine rings is 1. The topological polar surface area (TPSA) is 15.3 Å². The molecule has 1 atom stereocenters. The predicted octanol–water partition coefficient (Wildman–Crippen LogP) is 3.72. The first-order valence-electron chi connectivity index (χ1n) is 8.55. The molecule has 1 aromatic rings. The van der Waals surface area contributed by atoms with Crippen LogP contribution in [0.4, 0.5) is 0 Å². The summed E-state index contributed by atoms with van der Waals surface area (Å²) in [5.74, 6) is 0. The second-order valence-corrected chi connectivity index (χ2v) is 7.50. The second kappa shape index (κ2) is 5.73. The zero-order chi connectivity index (χ0) is 15.0. The number of nitrogens with one attached hydrogen (secondary N) is 1. The van der Waals surface area contributed by atoms with Gasteiger partial charge in [-0.05, 0) is 57.2 Å². The minimum Gasteiger partial charge on any atom is -0.308 e. The smallest absolute Gasteiger partial charge is 0.0309 e. The fourth-order valence-electron chi connectivity index (χ4n) is 4.35. The zero-order valence-corrected chi connectivity index (χ0v) is 14.1. The first kappa shape index (κ1) is 15.1. The molecule has 0 aromatic heterocycles. The Labute approximate surface area is 129 Å². The van der Waals surface area contributed by atoms with E-state index in [1.807, 2.05) is 0 Å². The van der Waals surface area contributed by atoms with Crippen molar-refractivity contribution in [1.82, 2.24) is 10.2 Å². The molecule has 2 heteroatoms. The van der Waals surface area contributed by atoms with Crippen LogP contribution < -0.4 is 5.32 Å². The molecule has 116 valence electrons. The van der Waals surface area contributed by atoms with E-state index in [-0.39, 0.29) is 0 Å². The first-order valence-corrected chi connectivity index (χ1v) is 8.55. The highest BCUT2D eigenvalue weighted by Gasteiger charge is 2.39. The van der Waals surface area contributed by atoms with E-state index in [0.717, 1.165) is 13.1 Å². The standard InChI is InChI=1S/C19H30N2/c1-14-9-15(2)18(16(3)10-14)12-21-13-19(7-5-6-8-19)20-11-17(21)4/h9-10,17,20H,5-8,11-13H2,1-4H3. The summed E-state index contributed by atoms with van der Waals surface area (Å²) in [6.07, 6.45) is 5.53. The van der Waals surface area contributed by atoms with Gasteiger partial charge in [0.1, 0.15) is 0 Å². The van der Waals surface area contributed by atoms with E-state index in [0.29, 0.717) is 11.6 Å². The highest BCUT2D eigenvalue weighted by atomic mass is 15.2. The number of nitrogens with zero attached hydrogens (tertiary/aromatic N) is 1. The average Bonchev–Trinajstić information content (AvgIpc) is 2.86. The summed E-state index contributed by atoms with van der Waals surface area (Å²) in [5, 5.41) is 3.86. The Balaban J connectivity index is 1.80. The maximum absolute atomic E-state index is 3.86. The molecule has 3 rings (SSSR count). The van der Waals surface area contributed by atoms with E-state index in [4.69, 9.17) is 0 Å². The van der Waals surface area contributed by atoms with E-state index in [1.54, 1.807) is 5.56 Å². The number of hydrogen-bond donors (Lipinski definition) is 1. The SMILES string of the molecule is Cc1cc(C)c(CN2CC3(CCCC3)NCC2C)c(C)c1. The van der Waals surface area contributed by atoms with Crippen molar-refractivity contribution >= 4 is 0 Å². The van der Waals surface area contributed by atoms with Crippen molar-refractivity contribution in [1.29, 1.82) is 0 Å². The normalized spacial score (nSPS) is 25.6. The quantitative estimate of drug-likeness (QED) is 0.891. The lowest BCUT2D eigenvalue weighted by atomic mass is 9.91. The molecule has 1 heterocycles. The summed E-state index contributed by atoms with van der Waals surface area (Å²) < 4.78 is 0. The number of benzene rings is 1. The minimum absolute atomic E-state index is 0.416. The van der Waals surface area contributed by atoms with Gasteiger partial charge in [0.05, 0.1) is 0 Å². The Morgan fingerprint density at radius 2 is 1.76 bits per heavy atom. The van der Waals surface area contributed by atoms with Gasteiger partial charge in [-0.25, -0.2) is 0 Å². The summed E-state index contributed by atoms with van der Waals surface area (Å²) in [4.78, 5) is 2.71. The minimum atomic E-state index is 0.416. The van der Waals surface area contributed by atoms with Gasteiger partial charge in [0.15, 0.2) is 0 Å². The van der Waals surface area contributed by atoms with Crippen LogP contribution in [0, 0.1) is 20.8 Å². The molecule has 1 aliphatic heterocycles. The van der Waals surface area contributed by atoms with Crippen LogP contribution in [-0.2, 0) is 6.54 Å². The van der Waals surface area contributed by atoms with Gasteiger partial charge in [0, 0.05) is 31.2 Å². The van der Waals surface area contributed by atoms with Crippen LogP contribution in [0.3, 0.4) is 0 Å². The Morgan fingerprint density at radius 1 is 1.14 bits per heavy atom. The number of aryl methyl sites for hydroxylation is 3. The summed E-state index contributed by atoms with van der Waals surface area (Å²) in [5.41, 5.74) is 6.26. The van der Waals surface area contributed by atoms with Gasteiger partial charge in [0.2, 0.25) is 0 Å². The van der Waals surface area contributed by atoms with Crippen LogP contribution in [0.25, 0.3) is 0 Å². The maximum Gasteiger partial charge on any atom is 0.0309 e. The molecule has 1 unspecified atom stereocenters. The van der Waals surface area contributed by atoms with E-state index in [1.165, 1.54) is 48.9 Å². The van der Waals surface area contributed by atoms with Gasteiger partial charge in [-0.15, -0.1) is 0 Å². The Hall–Kier alpha value is -0.860. The summed E-state index contributed by atoms with van der Waals surface area (Å²) >= 11 is 0. The summed E-state index contributed by atoms with van der Waals surface area (Å²) in [6, 6.07) is 5.30. The van der Waals surface area contributed by atoms with Crippen LogP contribution in [0.2, 0.25) is 0 Å². The third-order valence-corrected chi connectivity index (χ3v) is 5.66. The number of rotatable bonds is 2. The molecule has 2 nitrogen and oxygen atoms in total. The molecule has 1 N–H and O–H groups in total. The third kappa shape index (κ3) is 3.02. The molecule has 2 fully saturated rings. The van der Waals surface area contributed by atoms with Gasteiger partial charge in [-0.1, -0.05) is 30.5 Å². The fourth-order valence-corrected chi connectivity index (χ4v) is 4.35. The molecule has 1 aliphatic carbocycles. The molecular formula is C19H30N2. The molecule has 1 saturated heterocycles. The van der Waals surface area contributed by atoms with Crippen molar-refractivity contribution in [2.45, 2.75) is 71.5 Å². The largest absolute Gasteiger partial charge is 0.308 e. The van der Waals surface area contributed by atoms with E-state index >= 15 is 0 Å². The van der Waals surface area contributed by atoms with E-state index in [2.05, 4.69) is 50.0 Å². The van der Waals surface area contributed by atoms with Crippen LogP contribution in [-0.4, -0.2) is 29.6 Å². The summed E-state index contributed by atoms with van der Waals surface area (Å²) in [6.45, 7) is 12.6.